The van der Waals surface area contributed by atoms with E-state index in [-0.39, 0.29) is 6.10 Å². The van der Waals surface area contributed by atoms with Gasteiger partial charge < -0.3 is 10.5 Å². The summed E-state index contributed by atoms with van der Waals surface area (Å²) in [6.07, 6.45) is -4.19. The normalized spacial score (nSPS) is 22.8. The molecule has 1 fully saturated rings. The largest absolute Gasteiger partial charge is 0.416 e. The number of nitrogens with two attached hydrogens (primary N) is 1. The second-order valence-electron chi connectivity index (χ2n) is 5.17. The zero-order valence-corrected chi connectivity index (χ0v) is 11.4. The molecule has 20 heavy (non-hydrogen) atoms. The van der Waals surface area contributed by atoms with E-state index in [9.17, 15) is 13.2 Å². The first kappa shape index (κ1) is 15.3. The average Bonchev–Trinajstić information content (AvgIpc) is 2.38. The molecular formula is C14H19F3N2O. The van der Waals surface area contributed by atoms with Crippen LogP contribution in [0, 0.1) is 0 Å². The van der Waals surface area contributed by atoms with Crippen molar-refractivity contribution in [3.8, 4) is 0 Å². The van der Waals surface area contributed by atoms with Gasteiger partial charge in [0.25, 0.3) is 0 Å². The number of hydrogen-bond acceptors (Lipinski definition) is 3. The second kappa shape index (κ2) is 6.11. The van der Waals surface area contributed by atoms with Crippen molar-refractivity contribution >= 4 is 0 Å². The average molecular weight is 288 g/mol. The summed E-state index contributed by atoms with van der Waals surface area (Å²) in [5.74, 6) is 0. The summed E-state index contributed by atoms with van der Waals surface area (Å²) >= 11 is 0. The smallest absolute Gasteiger partial charge is 0.376 e. The van der Waals surface area contributed by atoms with Crippen molar-refractivity contribution in [1.29, 1.82) is 0 Å². The first-order valence-electron chi connectivity index (χ1n) is 6.63. The van der Waals surface area contributed by atoms with E-state index in [1.165, 1.54) is 6.07 Å². The Balaban J connectivity index is 2.03. The molecule has 2 N–H and O–H groups in total. The minimum atomic E-state index is -4.33. The Morgan fingerprint density at radius 1 is 1.45 bits per heavy atom. The molecule has 1 saturated heterocycles. The first-order chi connectivity index (χ1) is 9.36. The second-order valence-corrected chi connectivity index (χ2v) is 5.17. The van der Waals surface area contributed by atoms with Crippen molar-refractivity contribution in [2.24, 2.45) is 5.73 Å². The van der Waals surface area contributed by atoms with Gasteiger partial charge in [-0.05, 0) is 24.6 Å². The van der Waals surface area contributed by atoms with Crippen LogP contribution in [0.5, 0.6) is 0 Å². The maximum absolute atomic E-state index is 12.7. The predicted molar refractivity (Wildman–Crippen MR) is 70.2 cm³/mol. The maximum Gasteiger partial charge on any atom is 0.416 e. The molecule has 6 heteroatoms. The summed E-state index contributed by atoms with van der Waals surface area (Å²) in [5, 5.41) is 0. The van der Waals surface area contributed by atoms with Gasteiger partial charge >= 0.3 is 6.18 Å². The lowest BCUT2D eigenvalue weighted by Gasteiger charge is -2.32. The zero-order valence-electron chi connectivity index (χ0n) is 11.4. The lowest BCUT2D eigenvalue weighted by molar-refractivity contribution is -0.137. The molecule has 1 aromatic rings. The summed E-state index contributed by atoms with van der Waals surface area (Å²) in [6.45, 7) is 4.66. The molecule has 0 radical (unpaired) electrons. The number of nitrogens with zero attached hydrogens (tertiary/aromatic N) is 1. The monoisotopic (exact) mass is 288 g/mol. The highest BCUT2D eigenvalue weighted by Gasteiger charge is 2.31. The van der Waals surface area contributed by atoms with E-state index < -0.39 is 17.8 Å². The summed E-state index contributed by atoms with van der Waals surface area (Å²) in [4.78, 5) is 2.12. The van der Waals surface area contributed by atoms with Crippen molar-refractivity contribution in [1.82, 2.24) is 4.90 Å². The number of benzene rings is 1. The van der Waals surface area contributed by atoms with Gasteiger partial charge in [-0.15, -0.1) is 0 Å². The highest BCUT2D eigenvalue weighted by atomic mass is 19.4. The standard InChI is InChI=1S/C14H19F3N2O/c1-10-8-19(5-6-20-10)9-13(18)11-3-2-4-12(7-11)14(15,16)17/h2-4,7,10,13H,5-6,8-9,18H2,1H3. The molecule has 0 saturated carbocycles. The lowest BCUT2D eigenvalue weighted by atomic mass is 10.0. The van der Waals surface area contributed by atoms with E-state index in [0.717, 1.165) is 25.2 Å². The molecule has 2 rings (SSSR count). The van der Waals surface area contributed by atoms with E-state index in [1.54, 1.807) is 6.07 Å². The van der Waals surface area contributed by atoms with E-state index >= 15 is 0 Å². The number of hydrogen-bond donors (Lipinski definition) is 1. The van der Waals surface area contributed by atoms with Crippen LogP contribution < -0.4 is 5.73 Å². The topological polar surface area (TPSA) is 38.5 Å². The van der Waals surface area contributed by atoms with Crippen LogP contribution >= 0.6 is 0 Å². The first-order valence-corrected chi connectivity index (χ1v) is 6.63. The van der Waals surface area contributed by atoms with E-state index in [0.29, 0.717) is 18.7 Å². The molecule has 112 valence electrons. The molecule has 1 aliphatic rings. The Labute approximate surface area is 116 Å². The minimum Gasteiger partial charge on any atom is -0.376 e. The van der Waals surface area contributed by atoms with Gasteiger partial charge in [-0.2, -0.15) is 13.2 Å². The van der Waals surface area contributed by atoms with Crippen molar-refractivity contribution < 1.29 is 17.9 Å². The fourth-order valence-electron chi connectivity index (χ4n) is 2.39. The third-order valence-corrected chi connectivity index (χ3v) is 3.42. The molecule has 2 atom stereocenters. The molecule has 2 unspecified atom stereocenters. The number of halogens is 3. The minimum absolute atomic E-state index is 0.137. The number of rotatable bonds is 3. The van der Waals surface area contributed by atoms with Gasteiger partial charge in [0.2, 0.25) is 0 Å². The van der Waals surface area contributed by atoms with E-state index in [1.807, 2.05) is 6.92 Å². The number of alkyl halides is 3. The Kier molecular flexibility index (Phi) is 4.67. The number of ether oxygens (including phenoxy) is 1. The summed E-state index contributed by atoms with van der Waals surface area (Å²) in [6, 6.07) is 4.81. The van der Waals surface area contributed by atoms with Crippen LogP contribution in [0.4, 0.5) is 13.2 Å². The molecule has 0 aliphatic carbocycles. The predicted octanol–water partition coefficient (Wildman–Crippen LogP) is 2.43. The third-order valence-electron chi connectivity index (χ3n) is 3.42. The summed E-state index contributed by atoms with van der Waals surface area (Å²) < 4.78 is 43.4. The van der Waals surface area contributed by atoms with Crippen LogP contribution in [-0.2, 0) is 10.9 Å². The molecule has 0 aromatic heterocycles. The van der Waals surface area contributed by atoms with Crippen molar-refractivity contribution in [2.45, 2.75) is 25.2 Å². The molecule has 1 aromatic carbocycles. The molecule has 0 bridgehead atoms. The van der Waals surface area contributed by atoms with Crippen LogP contribution in [0.1, 0.15) is 24.1 Å². The SMILES string of the molecule is CC1CN(CC(N)c2cccc(C(F)(F)F)c2)CCO1. The Morgan fingerprint density at radius 2 is 2.20 bits per heavy atom. The molecular weight excluding hydrogens is 269 g/mol. The van der Waals surface area contributed by atoms with E-state index in [4.69, 9.17) is 10.5 Å². The maximum atomic E-state index is 12.7. The summed E-state index contributed by atoms with van der Waals surface area (Å²) in [7, 11) is 0. The number of morpholine rings is 1. The van der Waals surface area contributed by atoms with Gasteiger partial charge in [0.1, 0.15) is 0 Å². The Morgan fingerprint density at radius 3 is 2.85 bits per heavy atom. The molecule has 0 amide bonds. The van der Waals surface area contributed by atoms with Crippen molar-refractivity contribution in [2.75, 3.05) is 26.2 Å². The fourth-order valence-corrected chi connectivity index (χ4v) is 2.39. The highest BCUT2D eigenvalue weighted by molar-refractivity contribution is 5.28. The van der Waals surface area contributed by atoms with Crippen LogP contribution in [0.2, 0.25) is 0 Å². The van der Waals surface area contributed by atoms with Gasteiger partial charge in [0.15, 0.2) is 0 Å². The molecule has 0 spiro atoms. The van der Waals surface area contributed by atoms with E-state index in [2.05, 4.69) is 4.90 Å². The van der Waals surface area contributed by atoms with Crippen LogP contribution in [0.25, 0.3) is 0 Å². The fraction of sp³-hybridized carbons (Fsp3) is 0.571. The molecule has 1 heterocycles. The highest BCUT2D eigenvalue weighted by Crippen LogP contribution is 2.30. The van der Waals surface area contributed by atoms with Gasteiger partial charge in [0.05, 0.1) is 18.3 Å². The van der Waals surface area contributed by atoms with Gasteiger partial charge in [-0.1, -0.05) is 12.1 Å². The van der Waals surface area contributed by atoms with Crippen molar-refractivity contribution in [3.63, 3.8) is 0 Å². The third kappa shape index (κ3) is 3.94. The Hall–Kier alpha value is -1.11. The van der Waals surface area contributed by atoms with Crippen LogP contribution in [-0.4, -0.2) is 37.2 Å². The van der Waals surface area contributed by atoms with Crippen LogP contribution in [0.15, 0.2) is 24.3 Å². The van der Waals surface area contributed by atoms with Gasteiger partial charge in [-0.3, -0.25) is 4.90 Å². The van der Waals surface area contributed by atoms with Gasteiger partial charge in [0, 0.05) is 25.7 Å². The zero-order chi connectivity index (χ0) is 14.8. The Bertz CT molecular complexity index is 450. The van der Waals surface area contributed by atoms with Crippen LogP contribution in [0.3, 0.4) is 0 Å². The quantitative estimate of drug-likeness (QED) is 0.928. The van der Waals surface area contributed by atoms with Crippen molar-refractivity contribution in [3.05, 3.63) is 35.4 Å². The molecule has 3 nitrogen and oxygen atoms in total. The molecule has 1 aliphatic heterocycles. The summed E-state index contributed by atoms with van der Waals surface area (Å²) in [5.41, 5.74) is 5.89. The lowest BCUT2D eigenvalue weighted by Crippen LogP contribution is -2.44. The van der Waals surface area contributed by atoms with Gasteiger partial charge in [-0.25, -0.2) is 0 Å².